The van der Waals surface area contributed by atoms with Crippen LogP contribution in [-0.2, 0) is 0 Å². The van der Waals surface area contributed by atoms with Gasteiger partial charge in [0.2, 0.25) is 0 Å². The molecule has 0 unspecified atom stereocenters. The molecule has 4 aromatic rings. The molecule has 2 aromatic heterocycles. The first-order chi connectivity index (χ1) is 16.7. The number of pyridine rings is 1. The Labute approximate surface area is 202 Å². The molecule has 35 heavy (non-hydrogen) atoms. The number of rotatable bonds is 3. The van der Waals surface area contributed by atoms with Crippen molar-refractivity contribution < 1.29 is 13.9 Å². The van der Waals surface area contributed by atoms with E-state index in [1.165, 1.54) is 6.07 Å². The molecule has 3 heterocycles. The van der Waals surface area contributed by atoms with Crippen LogP contribution in [0.2, 0.25) is 0 Å². The number of hydrogen-bond donors (Lipinski definition) is 1. The van der Waals surface area contributed by atoms with Gasteiger partial charge in [-0.3, -0.25) is 4.98 Å². The molecule has 0 spiro atoms. The highest BCUT2D eigenvalue weighted by atomic mass is 19.1. The van der Waals surface area contributed by atoms with E-state index in [-0.39, 0.29) is 22.7 Å². The molecule has 5 nitrogen and oxygen atoms in total. The second kappa shape index (κ2) is 8.54. The number of nitrogens with zero attached hydrogens (tertiary/aromatic N) is 4. The average Bonchev–Trinajstić information content (AvgIpc) is 2.83. The zero-order valence-electron chi connectivity index (χ0n) is 19.9. The average molecular weight is 473 g/mol. The smallest absolute Gasteiger partial charge is 0.175 e. The summed E-state index contributed by atoms with van der Waals surface area (Å²) in [6.45, 7) is 6.77. The van der Waals surface area contributed by atoms with Gasteiger partial charge in [-0.25, -0.2) is 18.7 Å². The largest absolute Gasteiger partial charge is 0.388 e. The molecule has 1 aliphatic heterocycles. The van der Waals surface area contributed by atoms with Crippen LogP contribution in [0, 0.1) is 24.0 Å². The van der Waals surface area contributed by atoms with Crippen molar-refractivity contribution in [3.05, 3.63) is 59.6 Å². The molecule has 1 atom stereocenters. The molecule has 2 aromatic carbocycles. The summed E-state index contributed by atoms with van der Waals surface area (Å²) < 4.78 is 30.7. The minimum atomic E-state index is -0.863. The number of benzene rings is 2. The summed E-state index contributed by atoms with van der Waals surface area (Å²) >= 11 is 0. The standard InChI is InChI=1S/C28H26F2N4O/c1-5-18-21(29)11-10-17-8-6-9-19(22(17)18)24-23(30)25-20(14-31-24)27(33-26(32-25)16(2)3)34-13-7-12-28(4,35)15-34/h1,6,8-11,14,16,35H,7,12-13,15H2,2-4H3/t28-/m0/s1. The fourth-order valence-electron chi connectivity index (χ4n) is 4.84. The van der Waals surface area contributed by atoms with E-state index in [1.807, 2.05) is 18.7 Å². The SMILES string of the molecule is C#Cc1c(F)ccc2cccc(-c3ncc4c(N5CCC[C@](C)(O)C5)nc(C(C)C)nc4c3F)c12. The van der Waals surface area contributed by atoms with Gasteiger partial charge in [-0.05, 0) is 31.2 Å². The fraction of sp³-hybridized carbons (Fsp3) is 0.321. The molecule has 1 fully saturated rings. The molecule has 1 saturated heterocycles. The number of anilines is 1. The van der Waals surface area contributed by atoms with Gasteiger partial charge in [0.25, 0.3) is 0 Å². The summed E-state index contributed by atoms with van der Waals surface area (Å²) in [6.07, 6.45) is 8.66. The lowest BCUT2D eigenvalue weighted by atomic mass is 9.94. The lowest BCUT2D eigenvalue weighted by Crippen LogP contribution is -2.46. The van der Waals surface area contributed by atoms with Crippen LogP contribution in [0.4, 0.5) is 14.6 Å². The maximum atomic E-state index is 16.2. The molecule has 0 bridgehead atoms. The van der Waals surface area contributed by atoms with Crippen LogP contribution in [-0.4, -0.2) is 38.7 Å². The summed E-state index contributed by atoms with van der Waals surface area (Å²) in [6, 6.07) is 8.19. The molecule has 7 heteroatoms. The van der Waals surface area contributed by atoms with Gasteiger partial charge in [-0.1, -0.05) is 44.0 Å². The summed E-state index contributed by atoms with van der Waals surface area (Å²) in [5, 5.41) is 12.3. The van der Waals surface area contributed by atoms with Gasteiger partial charge in [-0.2, -0.15) is 0 Å². The van der Waals surface area contributed by atoms with Crippen molar-refractivity contribution in [3.63, 3.8) is 0 Å². The third kappa shape index (κ3) is 3.98. The third-order valence-electron chi connectivity index (χ3n) is 6.57. The number of fused-ring (bicyclic) bond motifs is 2. The molecule has 5 rings (SSSR count). The number of hydrogen-bond acceptors (Lipinski definition) is 5. The second-order valence-corrected chi connectivity index (χ2v) is 9.74. The zero-order valence-corrected chi connectivity index (χ0v) is 19.9. The molecular formula is C28H26F2N4O. The topological polar surface area (TPSA) is 62.1 Å². The Morgan fingerprint density at radius 3 is 2.69 bits per heavy atom. The van der Waals surface area contributed by atoms with Gasteiger partial charge in [0, 0.05) is 36.2 Å². The quantitative estimate of drug-likeness (QED) is 0.395. The molecular weight excluding hydrogens is 446 g/mol. The Balaban J connectivity index is 1.78. The molecule has 178 valence electrons. The minimum absolute atomic E-state index is 0.0424. The lowest BCUT2D eigenvalue weighted by molar-refractivity contribution is 0.0448. The normalized spacial score (nSPS) is 18.4. The van der Waals surface area contributed by atoms with Gasteiger partial charge < -0.3 is 10.0 Å². The minimum Gasteiger partial charge on any atom is -0.388 e. The van der Waals surface area contributed by atoms with Gasteiger partial charge in [-0.15, -0.1) is 6.42 Å². The number of piperidine rings is 1. The van der Waals surface area contributed by atoms with Crippen LogP contribution < -0.4 is 4.90 Å². The van der Waals surface area contributed by atoms with Gasteiger partial charge in [0.05, 0.1) is 16.6 Å². The van der Waals surface area contributed by atoms with E-state index >= 15 is 4.39 Å². The van der Waals surface area contributed by atoms with E-state index in [2.05, 4.69) is 15.9 Å². The number of terminal acetylenes is 1. The predicted octanol–water partition coefficient (Wildman–Crippen LogP) is 5.58. The van der Waals surface area contributed by atoms with Crippen molar-refractivity contribution in [2.24, 2.45) is 0 Å². The van der Waals surface area contributed by atoms with Crippen LogP contribution in [0.5, 0.6) is 0 Å². The highest BCUT2D eigenvalue weighted by Crippen LogP contribution is 2.37. The second-order valence-electron chi connectivity index (χ2n) is 9.74. The summed E-state index contributed by atoms with van der Waals surface area (Å²) in [4.78, 5) is 15.7. The summed E-state index contributed by atoms with van der Waals surface area (Å²) in [5.74, 6) is 2.27. The molecule has 0 aliphatic carbocycles. The first-order valence-electron chi connectivity index (χ1n) is 11.7. The van der Waals surface area contributed by atoms with Crippen LogP contribution in [0.15, 0.2) is 36.5 Å². The Morgan fingerprint density at radius 1 is 1.17 bits per heavy atom. The van der Waals surface area contributed by atoms with E-state index in [0.29, 0.717) is 52.9 Å². The van der Waals surface area contributed by atoms with Crippen LogP contribution in [0.25, 0.3) is 32.9 Å². The summed E-state index contributed by atoms with van der Waals surface area (Å²) in [7, 11) is 0. The van der Waals surface area contributed by atoms with Crippen molar-refractivity contribution in [1.29, 1.82) is 0 Å². The van der Waals surface area contributed by atoms with E-state index in [9.17, 15) is 9.50 Å². The first-order valence-corrected chi connectivity index (χ1v) is 11.7. The van der Waals surface area contributed by atoms with E-state index < -0.39 is 17.2 Å². The van der Waals surface area contributed by atoms with Gasteiger partial charge in [0.1, 0.15) is 28.7 Å². The fourth-order valence-corrected chi connectivity index (χ4v) is 4.84. The molecule has 1 aliphatic rings. The van der Waals surface area contributed by atoms with Crippen molar-refractivity contribution in [1.82, 2.24) is 15.0 Å². The van der Waals surface area contributed by atoms with Crippen LogP contribution >= 0.6 is 0 Å². The molecule has 0 saturated carbocycles. The highest BCUT2D eigenvalue weighted by Gasteiger charge is 2.31. The number of aromatic nitrogens is 3. The van der Waals surface area contributed by atoms with Gasteiger partial charge >= 0.3 is 0 Å². The Morgan fingerprint density at radius 2 is 1.97 bits per heavy atom. The Kier molecular flexibility index (Phi) is 5.65. The van der Waals surface area contributed by atoms with Crippen LogP contribution in [0.1, 0.15) is 50.9 Å². The van der Waals surface area contributed by atoms with Crippen molar-refractivity contribution in [3.8, 4) is 23.6 Å². The maximum Gasteiger partial charge on any atom is 0.175 e. The number of halogens is 2. The third-order valence-corrected chi connectivity index (χ3v) is 6.57. The first kappa shape index (κ1) is 23.1. The van der Waals surface area contributed by atoms with Crippen molar-refractivity contribution >= 4 is 27.5 Å². The number of aliphatic hydroxyl groups is 1. The molecule has 0 radical (unpaired) electrons. The lowest BCUT2D eigenvalue weighted by Gasteiger charge is -2.38. The van der Waals surface area contributed by atoms with Gasteiger partial charge in [0.15, 0.2) is 5.82 Å². The Bertz CT molecular complexity index is 1510. The molecule has 0 amide bonds. The summed E-state index contributed by atoms with van der Waals surface area (Å²) in [5.41, 5.74) is -0.194. The zero-order chi connectivity index (χ0) is 24.9. The Hall–Kier alpha value is -3.63. The monoisotopic (exact) mass is 472 g/mol. The van der Waals surface area contributed by atoms with Crippen molar-refractivity contribution in [2.75, 3.05) is 18.0 Å². The van der Waals surface area contributed by atoms with Crippen molar-refractivity contribution in [2.45, 2.75) is 45.1 Å². The molecule has 1 N–H and O–H groups in total. The predicted molar refractivity (Wildman–Crippen MR) is 134 cm³/mol. The van der Waals surface area contributed by atoms with E-state index in [1.54, 1.807) is 37.4 Å². The van der Waals surface area contributed by atoms with E-state index in [0.717, 1.165) is 6.42 Å². The number of β-amino-alcohol motifs (C(OH)–C–C–N with tert-alkyl or cyclic N) is 1. The maximum absolute atomic E-state index is 16.2. The van der Waals surface area contributed by atoms with E-state index in [4.69, 9.17) is 11.4 Å². The highest BCUT2D eigenvalue weighted by molar-refractivity contribution is 6.02. The van der Waals surface area contributed by atoms with Crippen LogP contribution in [0.3, 0.4) is 0 Å².